The van der Waals surface area contributed by atoms with Gasteiger partial charge in [-0.3, -0.25) is 14.4 Å². The summed E-state index contributed by atoms with van der Waals surface area (Å²) in [6.07, 6.45) is -9.55. The topological polar surface area (TPSA) is 212 Å². The second-order valence-electron chi connectivity index (χ2n) is 18.7. The highest BCUT2D eigenvalue weighted by atomic mass is 16.7. The molecule has 18 atom stereocenters. The van der Waals surface area contributed by atoms with Crippen molar-refractivity contribution in [3.8, 4) is 0 Å². The zero-order valence-corrected chi connectivity index (χ0v) is 38.8. The Kier molecular flexibility index (Phi) is 18.8. The first-order chi connectivity index (χ1) is 27.7. The first kappa shape index (κ1) is 52.3. The zero-order valence-electron chi connectivity index (χ0n) is 38.8. The number of esters is 3. The third kappa shape index (κ3) is 12.6. The van der Waals surface area contributed by atoms with Crippen LogP contribution in [-0.2, 0) is 52.3 Å². The van der Waals surface area contributed by atoms with Gasteiger partial charge in [0.1, 0.15) is 23.9 Å². The van der Waals surface area contributed by atoms with E-state index in [1.807, 2.05) is 44.8 Å². The molecule has 0 aromatic carbocycles. The van der Waals surface area contributed by atoms with Gasteiger partial charge in [0.05, 0.1) is 67.5 Å². The summed E-state index contributed by atoms with van der Waals surface area (Å²) in [5, 5.41) is 47.2. The number of likely N-dealkylation sites (N-methyl/N-ethyl adjacent to an activating group) is 2. The number of rotatable bonds is 11. The summed E-state index contributed by atoms with van der Waals surface area (Å²) in [5.74, 6) is -4.12. The Morgan fingerprint density at radius 2 is 1.52 bits per heavy atom. The minimum absolute atomic E-state index is 0.0824. The van der Waals surface area contributed by atoms with Crippen molar-refractivity contribution in [2.45, 2.75) is 198 Å². The summed E-state index contributed by atoms with van der Waals surface area (Å²) in [5.41, 5.74) is -4.59. The van der Waals surface area contributed by atoms with Crippen molar-refractivity contribution >= 4 is 17.9 Å². The molecule has 3 aliphatic heterocycles. The highest BCUT2D eigenvalue weighted by Gasteiger charge is 2.53. The molecule has 3 rings (SSSR count). The molecule has 4 N–H and O–H groups in total. The molecule has 3 saturated heterocycles. The van der Waals surface area contributed by atoms with Gasteiger partial charge in [-0.1, -0.05) is 20.8 Å². The van der Waals surface area contributed by atoms with Crippen LogP contribution < -0.4 is 0 Å². The number of methoxy groups -OCH3 is 2. The third-order valence-corrected chi connectivity index (χ3v) is 13.2. The number of ether oxygens (including phenoxy) is 8. The normalized spacial score (nSPS) is 44.3. The molecule has 0 saturated carbocycles. The maximum absolute atomic E-state index is 14.4. The quantitative estimate of drug-likeness (QED) is 0.174. The Bertz CT molecular complexity index is 1400. The molecule has 17 heteroatoms. The van der Waals surface area contributed by atoms with Crippen LogP contribution in [0.2, 0.25) is 0 Å². The molecule has 3 aliphatic rings. The molecule has 3 fully saturated rings. The average Bonchev–Trinajstić information content (AvgIpc) is 3.17. The first-order valence-corrected chi connectivity index (χ1v) is 21.6. The Balaban J connectivity index is 2.22. The molecular weight excluding hydrogens is 784 g/mol. The summed E-state index contributed by atoms with van der Waals surface area (Å²) in [6, 6.07) is -0.978. The van der Waals surface area contributed by atoms with Gasteiger partial charge in [-0.15, -0.1) is 0 Å². The van der Waals surface area contributed by atoms with E-state index in [9.17, 15) is 34.8 Å². The van der Waals surface area contributed by atoms with Gasteiger partial charge < -0.3 is 68.1 Å². The van der Waals surface area contributed by atoms with Crippen LogP contribution >= 0.6 is 0 Å². The van der Waals surface area contributed by atoms with Gasteiger partial charge in [-0.05, 0) is 94.8 Å². The molecule has 0 unspecified atom stereocenters. The smallest absolute Gasteiger partial charge is 0.311 e. The first-order valence-electron chi connectivity index (χ1n) is 21.6. The van der Waals surface area contributed by atoms with E-state index >= 15 is 0 Å². The van der Waals surface area contributed by atoms with Crippen LogP contribution in [0.5, 0.6) is 0 Å². The minimum atomic E-state index is -1.85. The molecule has 3 heterocycles. The molecule has 17 nitrogen and oxygen atoms in total. The number of carbonyl (C=O) groups excluding carboxylic acids is 3. The maximum atomic E-state index is 14.4. The summed E-state index contributed by atoms with van der Waals surface area (Å²) < 4.78 is 48.9. The zero-order chi connectivity index (χ0) is 45.7. The van der Waals surface area contributed by atoms with E-state index in [2.05, 4.69) is 0 Å². The Morgan fingerprint density at radius 3 is 2.08 bits per heavy atom. The van der Waals surface area contributed by atoms with Crippen molar-refractivity contribution in [1.82, 2.24) is 9.80 Å². The average molecular weight is 863 g/mol. The van der Waals surface area contributed by atoms with Gasteiger partial charge in [0, 0.05) is 32.0 Å². The maximum Gasteiger partial charge on any atom is 0.311 e. The van der Waals surface area contributed by atoms with E-state index in [-0.39, 0.29) is 50.2 Å². The van der Waals surface area contributed by atoms with Crippen LogP contribution in [-0.4, -0.2) is 180 Å². The molecule has 0 radical (unpaired) electrons. The van der Waals surface area contributed by atoms with E-state index in [1.54, 1.807) is 48.5 Å². The lowest BCUT2D eigenvalue weighted by molar-refractivity contribution is -0.319. The van der Waals surface area contributed by atoms with Crippen molar-refractivity contribution < 1.29 is 72.7 Å². The molecular formula is C43H78N2O15. The van der Waals surface area contributed by atoms with Gasteiger partial charge >= 0.3 is 17.9 Å². The van der Waals surface area contributed by atoms with Crippen molar-refractivity contribution in [3.05, 3.63) is 0 Å². The minimum Gasteiger partial charge on any atom is -0.469 e. The van der Waals surface area contributed by atoms with E-state index < -0.39 is 108 Å². The highest BCUT2D eigenvalue weighted by molar-refractivity contribution is 5.77. The van der Waals surface area contributed by atoms with E-state index in [4.69, 9.17) is 37.9 Å². The lowest BCUT2D eigenvalue weighted by atomic mass is 9.77. The SMILES string of the molecule is CC[C@H]1OC(=O)[C@H](C)[C@@H](O[C@H]2C[C@@](C)(OC)[C@@H](O)[C@H](C)O2)[C@H](C)[C@@H](O[C@@H]2O[C@H](C)C[C@H](N(C)C)[C@H]2OC(=O)CCC(=O)OC)[C@](C)(O)C[C@@H](C)CN(C)[C@H](C)[C@@H](O)[C@]1(C)O. The predicted octanol–water partition coefficient (Wildman–Crippen LogP) is 2.40. The number of hydrogen-bond donors (Lipinski definition) is 4. The summed E-state index contributed by atoms with van der Waals surface area (Å²) in [4.78, 5) is 43.4. The van der Waals surface area contributed by atoms with Crippen LogP contribution in [0.4, 0.5) is 0 Å². The fraction of sp³-hybridized carbons (Fsp3) is 0.930. The third-order valence-electron chi connectivity index (χ3n) is 13.2. The predicted molar refractivity (Wildman–Crippen MR) is 219 cm³/mol. The van der Waals surface area contributed by atoms with Crippen LogP contribution in [0, 0.1) is 17.8 Å². The van der Waals surface area contributed by atoms with Crippen LogP contribution in [0.3, 0.4) is 0 Å². The molecule has 0 amide bonds. The molecule has 0 aromatic rings. The molecule has 0 spiro atoms. The van der Waals surface area contributed by atoms with Crippen molar-refractivity contribution in [2.24, 2.45) is 17.8 Å². The van der Waals surface area contributed by atoms with Gasteiger partial charge in [0.15, 0.2) is 18.7 Å². The van der Waals surface area contributed by atoms with Gasteiger partial charge in [0.25, 0.3) is 0 Å². The monoisotopic (exact) mass is 863 g/mol. The van der Waals surface area contributed by atoms with Crippen molar-refractivity contribution in [3.63, 3.8) is 0 Å². The number of aliphatic hydroxyl groups excluding tert-OH is 2. The lowest BCUT2D eigenvalue weighted by Crippen LogP contribution is -2.61. The molecule has 0 bridgehead atoms. The number of carbonyl (C=O) groups is 3. The molecule has 0 aliphatic carbocycles. The van der Waals surface area contributed by atoms with Crippen LogP contribution in [0.1, 0.15) is 108 Å². The van der Waals surface area contributed by atoms with E-state index in [0.29, 0.717) is 13.0 Å². The Labute approximate surface area is 357 Å². The van der Waals surface area contributed by atoms with Gasteiger partial charge in [-0.25, -0.2) is 0 Å². The van der Waals surface area contributed by atoms with Crippen molar-refractivity contribution in [2.75, 3.05) is 41.9 Å². The number of hydrogen-bond acceptors (Lipinski definition) is 17. The van der Waals surface area contributed by atoms with E-state index in [0.717, 1.165) is 0 Å². The summed E-state index contributed by atoms with van der Waals surface area (Å²) >= 11 is 0. The van der Waals surface area contributed by atoms with Gasteiger partial charge in [-0.2, -0.15) is 0 Å². The Hall–Kier alpha value is -2.03. The van der Waals surface area contributed by atoms with Crippen LogP contribution in [0.25, 0.3) is 0 Å². The second-order valence-corrected chi connectivity index (χ2v) is 18.7. The number of nitrogens with zero attached hydrogens (tertiary/aromatic N) is 2. The fourth-order valence-corrected chi connectivity index (χ4v) is 9.36. The largest absolute Gasteiger partial charge is 0.469 e. The lowest BCUT2D eigenvalue weighted by Gasteiger charge is -2.49. The Morgan fingerprint density at radius 1 is 0.900 bits per heavy atom. The van der Waals surface area contributed by atoms with Crippen LogP contribution in [0.15, 0.2) is 0 Å². The molecule has 350 valence electrons. The number of cyclic esters (lactones) is 1. The number of aliphatic hydroxyl groups is 4. The standard InChI is InChI=1S/C43H78N2O15/c1-16-30-43(10,52)36(48)27(6)45(13)22-23(2)20-41(8,51)38(60-40-35(29(44(11)12)19-24(3)55-40)58-32(47)18-17-31(46)53-14)25(4)34(26(5)39(50)57-30)59-33-21-42(9,54-15)37(49)28(7)56-33/h23-30,33-38,40,48-49,51-52H,16-22H2,1-15H3/t23-,24-,25+,26-,27-,28+,29+,30-,33+,34+,35-,36-,37+,38-,40+,41-,42-,43-/m1/s1. The fourth-order valence-electron chi connectivity index (χ4n) is 9.36. The summed E-state index contributed by atoms with van der Waals surface area (Å²) in [7, 11) is 8.24. The second kappa shape index (κ2) is 21.6. The molecule has 60 heavy (non-hydrogen) atoms. The van der Waals surface area contributed by atoms with E-state index in [1.165, 1.54) is 21.1 Å². The highest BCUT2D eigenvalue weighted by Crippen LogP contribution is 2.40. The molecule has 0 aromatic heterocycles. The van der Waals surface area contributed by atoms with Gasteiger partial charge in [0.2, 0.25) is 0 Å². The summed E-state index contributed by atoms with van der Waals surface area (Å²) in [6.45, 7) is 17.7. The van der Waals surface area contributed by atoms with Crippen molar-refractivity contribution in [1.29, 1.82) is 0 Å².